The van der Waals surface area contributed by atoms with Crippen molar-refractivity contribution in [1.29, 1.82) is 0 Å². The Hall–Kier alpha value is -2.09. The largest absolute Gasteiger partial charge is 0.480 e. The van der Waals surface area contributed by atoms with Crippen LogP contribution in [0.15, 0.2) is 12.7 Å². The van der Waals surface area contributed by atoms with Gasteiger partial charge in [0, 0.05) is 26.7 Å². The van der Waals surface area contributed by atoms with Crippen molar-refractivity contribution in [3.8, 4) is 0 Å². The highest BCUT2D eigenvalue weighted by molar-refractivity contribution is 5.90. The van der Waals surface area contributed by atoms with Crippen molar-refractivity contribution in [3.63, 3.8) is 0 Å². The van der Waals surface area contributed by atoms with Gasteiger partial charge in [0.2, 0.25) is 5.91 Å². The molecule has 0 aromatic rings. The number of nitrogens with zero attached hydrogens (tertiary/aromatic N) is 2. The Bertz CT molecular complexity index is 399. The van der Waals surface area contributed by atoms with E-state index in [1.807, 2.05) is 0 Å². The molecule has 1 aliphatic rings. The van der Waals surface area contributed by atoms with Crippen LogP contribution in [0.2, 0.25) is 0 Å². The molecule has 0 saturated carbocycles. The van der Waals surface area contributed by atoms with Crippen molar-refractivity contribution in [3.05, 3.63) is 12.7 Å². The van der Waals surface area contributed by atoms with Gasteiger partial charge in [-0.05, 0) is 0 Å². The molecule has 0 radical (unpaired) electrons. The highest BCUT2D eigenvalue weighted by Gasteiger charge is 2.36. The van der Waals surface area contributed by atoms with Gasteiger partial charge < -0.3 is 20.1 Å². The number of urea groups is 1. The van der Waals surface area contributed by atoms with E-state index in [4.69, 9.17) is 9.84 Å². The Morgan fingerprint density at radius 2 is 2.35 bits per heavy atom. The van der Waals surface area contributed by atoms with Crippen LogP contribution >= 0.6 is 0 Å². The smallest absolute Gasteiger partial charge is 0.328 e. The Kier molecular flexibility index (Phi) is 5.98. The second-order valence-electron chi connectivity index (χ2n) is 4.30. The Morgan fingerprint density at radius 3 is 2.90 bits per heavy atom. The molecule has 0 bridgehead atoms. The van der Waals surface area contributed by atoms with E-state index in [0.29, 0.717) is 13.2 Å². The fourth-order valence-corrected chi connectivity index (χ4v) is 1.87. The number of hydrogen-bond acceptors (Lipinski definition) is 4. The maximum absolute atomic E-state index is 12.4. The number of carbonyl (C=O) groups is 3. The summed E-state index contributed by atoms with van der Waals surface area (Å²) in [6.07, 6.45) is 1.54. The molecule has 1 rings (SSSR count). The van der Waals surface area contributed by atoms with Crippen LogP contribution in [0, 0.1) is 0 Å². The molecule has 1 heterocycles. The van der Waals surface area contributed by atoms with Crippen molar-refractivity contribution in [2.24, 2.45) is 0 Å². The van der Waals surface area contributed by atoms with E-state index in [9.17, 15) is 14.4 Å². The van der Waals surface area contributed by atoms with E-state index >= 15 is 0 Å². The first-order valence-electron chi connectivity index (χ1n) is 6.16. The predicted octanol–water partition coefficient (Wildman–Crippen LogP) is -0.874. The molecule has 1 aliphatic heterocycles. The molecule has 0 aromatic carbocycles. The number of aliphatic carboxylic acids is 1. The van der Waals surface area contributed by atoms with Gasteiger partial charge in [0.25, 0.3) is 0 Å². The van der Waals surface area contributed by atoms with Crippen molar-refractivity contribution in [1.82, 2.24) is 15.1 Å². The zero-order valence-corrected chi connectivity index (χ0v) is 11.4. The van der Waals surface area contributed by atoms with Crippen LogP contribution in [0.1, 0.15) is 0 Å². The molecule has 0 aliphatic carbocycles. The number of nitrogens with one attached hydrogen (secondary N) is 1. The first kappa shape index (κ1) is 16.0. The van der Waals surface area contributed by atoms with Crippen molar-refractivity contribution in [2.75, 3.05) is 39.9 Å². The SMILES string of the molecule is C=CCN(CCOC)C(=O)N1CC(=O)NCC1C(=O)O. The van der Waals surface area contributed by atoms with Gasteiger partial charge in [-0.25, -0.2) is 9.59 Å². The van der Waals surface area contributed by atoms with Gasteiger partial charge in [0.1, 0.15) is 12.6 Å². The molecule has 8 heteroatoms. The molecule has 20 heavy (non-hydrogen) atoms. The zero-order valence-electron chi connectivity index (χ0n) is 11.4. The molecular formula is C12H19N3O5. The van der Waals surface area contributed by atoms with Gasteiger partial charge in [-0.1, -0.05) is 6.08 Å². The molecule has 1 unspecified atom stereocenters. The number of methoxy groups -OCH3 is 1. The van der Waals surface area contributed by atoms with Crippen LogP contribution in [0.5, 0.6) is 0 Å². The zero-order chi connectivity index (χ0) is 15.1. The van der Waals surface area contributed by atoms with E-state index in [1.165, 1.54) is 18.1 Å². The molecule has 0 aromatic heterocycles. The summed E-state index contributed by atoms with van der Waals surface area (Å²) in [6, 6.07) is -1.57. The van der Waals surface area contributed by atoms with Crippen LogP contribution in [-0.2, 0) is 14.3 Å². The van der Waals surface area contributed by atoms with Gasteiger partial charge in [0.15, 0.2) is 0 Å². The molecule has 1 atom stereocenters. The maximum atomic E-state index is 12.4. The molecule has 3 amide bonds. The summed E-state index contributed by atoms with van der Waals surface area (Å²) < 4.78 is 4.91. The monoisotopic (exact) mass is 285 g/mol. The van der Waals surface area contributed by atoms with Crippen LogP contribution in [-0.4, -0.2) is 78.8 Å². The molecule has 1 fully saturated rings. The molecular weight excluding hydrogens is 266 g/mol. The molecule has 8 nitrogen and oxygen atoms in total. The normalized spacial score (nSPS) is 18.4. The lowest BCUT2D eigenvalue weighted by Crippen LogP contribution is -2.62. The number of amides is 3. The minimum atomic E-state index is -1.15. The lowest BCUT2D eigenvalue weighted by Gasteiger charge is -2.36. The quantitative estimate of drug-likeness (QED) is 0.618. The Morgan fingerprint density at radius 1 is 1.65 bits per heavy atom. The topological polar surface area (TPSA) is 99.2 Å². The highest BCUT2D eigenvalue weighted by atomic mass is 16.5. The summed E-state index contributed by atoms with van der Waals surface area (Å²) in [4.78, 5) is 37.4. The van der Waals surface area contributed by atoms with Gasteiger partial charge in [-0.2, -0.15) is 0 Å². The number of carboxylic acid groups (broad SMARTS) is 1. The van der Waals surface area contributed by atoms with E-state index < -0.39 is 18.0 Å². The summed E-state index contributed by atoms with van der Waals surface area (Å²) in [5, 5.41) is 11.6. The summed E-state index contributed by atoms with van der Waals surface area (Å²) in [7, 11) is 1.50. The third-order valence-corrected chi connectivity index (χ3v) is 2.90. The number of piperazine rings is 1. The summed E-state index contributed by atoms with van der Waals surface area (Å²) in [6.45, 7) is 4.07. The average Bonchev–Trinajstić information content (AvgIpc) is 2.42. The third-order valence-electron chi connectivity index (χ3n) is 2.90. The average molecular weight is 285 g/mol. The van der Waals surface area contributed by atoms with Gasteiger partial charge in [-0.15, -0.1) is 6.58 Å². The maximum Gasteiger partial charge on any atom is 0.328 e. The Labute approximate surface area is 117 Å². The van der Waals surface area contributed by atoms with E-state index in [1.54, 1.807) is 0 Å². The van der Waals surface area contributed by atoms with Crippen LogP contribution in [0.3, 0.4) is 0 Å². The van der Waals surface area contributed by atoms with Gasteiger partial charge >= 0.3 is 12.0 Å². The predicted molar refractivity (Wildman–Crippen MR) is 70.2 cm³/mol. The molecule has 2 N–H and O–H groups in total. The standard InChI is InChI=1S/C12H19N3O5/c1-3-4-14(5-6-20-2)12(19)15-8-10(16)13-7-9(15)11(17)18/h3,9H,1,4-8H2,2H3,(H,13,16)(H,17,18). The van der Waals surface area contributed by atoms with E-state index in [-0.39, 0.29) is 25.5 Å². The van der Waals surface area contributed by atoms with E-state index in [2.05, 4.69) is 11.9 Å². The summed E-state index contributed by atoms with van der Waals surface area (Å²) in [5.74, 6) is -1.52. The van der Waals surface area contributed by atoms with Crippen LogP contribution < -0.4 is 5.32 Å². The highest BCUT2D eigenvalue weighted by Crippen LogP contribution is 2.09. The Balaban J connectivity index is 2.84. The number of carbonyl (C=O) groups excluding carboxylic acids is 2. The number of rotatable bonds is 6. The van der Waals surface area contributed by atoms with Gasteiger partial charge in [-0.3, -0.25) is 9.69 Å². The van der Waals surface area contributed by atoms with Gasteiger partial charge in [0.05, 0.1) is 6.61 Å². The fourth-order valence-electron chi connectivity index (χ4n) is 1.87. The third kappa shape index (κ3) is 3.95. The van der Waals surface area contributed by atoms with Crippen molar-refractivity contribution in [2.45, 2.75) is 6.04 Å². The van der Waals surface area contributed by atoms with Crippen LogP contribution in [0.25, 0.3) is 0 Å². The van der Waals surface area contributed by atoms with Crippen molar-refractivity contribution < 1.29 is 24.2 Å². The summed E-state index contributed by atoms with van der Waals surface area (Å²) in [5.41, 5.74) is 0. The number of ether oxygens (including phenoxy) is 1. The number of hydrogen-bond donors (Lipinski definition) is 2. The fraction of sp³-hybridized carbons (Fsp3) is 0.583. The number of carboxylic acids is 1. The molecule has 112 valence electrons. The van der Waals surface area contributed by atoms with E-state index in [0.717, 1.165) is 4.90 Å². The minimum Gasteiger partial charge on any atom is -0.480 e. The second kappa shape index (κ2) is 7.49. The first-order chi connectivity index (χ1) is 9.51. The molecule has 0 spiro atoms. The minimum absolute atomic E-state index is 0.0912. The second-order valence-corrected chi connectivity index (χ2v) is 4.30. The summed E-state index contributed by atoms with van der Waals surface area (Å²) >= 11 is 0. The lowest BCUT2D eigenvalue weighted by atomic mass is 10.2. The van der Waals surface area contributed by atoms with Crippen LogP contribution in [0.4, 0.5) is 4.79 Å². The lowest BCUT2D eigenvalue weighted by molar-refractivity contribution is -0.144. The molecule has 1 saturated heterocycles. The first-order valence-corrected chi connectivity index (χ1v) is 6.16. The van der Waals surface area contributed by atoms with Crippen molar-refractivity contribution >= 4 is 17.9 Å².